The van der Waals surface area contributed by atoms with Crippen LogP contribution in [-0.2, 0) is 4.79 Å². The average molecular weight is 378 g/mol. The molecule has 1 N–H and O–H groups in total. The van der Waals surface area contributed by atoms with Crippen LogP contribution >= 0.6 is 11.8 Å². The molecule has 5 nitrogen and oxygen atoms in total. The molecule has 1 fully saturated rings. The van der Waals surface area contributed by atoms with Gasteiger partial charge in [-0.15, -0.1) is 11.8 Å². The number of aryl methyl sites for hydroxylation is 1. The zero-order valence-electron chi connectivity index (χ0n) is 14.7. The molecule has 0 spiro atoms. The number of hydrogen-bond acceptors (Lipinski definition) is 4. The minimum atomic E-state index is -0.292. The predicted octanol–water partition coefficient (Wildman–Crippen LogP) is 4.62. The van der Waals surface area contributed by atoms with Crippen molar-refractivity contribution in [2.75, 3.05) is 16.0 Å². The fourth-order valence-electron chi connectivity index (χ4n) is 2.99. The molecule has 1 saturated heterocycles. The lowest BCUT2D eigenvalue weighted by atomic mass is 10.1. The second-order valence-electron chi connectivity index (χ2n) is 6.32. The number of furan rings is 1. The third kappa shape index (κ3) is 3.61. The number of rotatable bonds is 4. The molecular formula is C21H18N2O3S. The number of benzene rings is 2. The predicted molar refractivity (Wildman–Crippen MR) is 107 cm³/mol. The van der Waals surface area contributed by atoms with Gasteiger partial charge in [0.1, 0.15) is 5.37 Å². The second kappa shape index (κ2) is 7.32. The van der Waals surface area contributed by atoms with Crippen LogP contribution in [0.5, 0.6) is 0 Å². The summed E-state index contributed by atoms with van der Waals surface area (Å²) in [4.78, 5) is 26.3. The standard InChI is InChI=1S/C21H18N2O3S/c1-14-4-10-17(11-5-14)23-19(24)13-27-21(23)15-6-8-16(9-7-15)22-20(25)18-3-2-12-26-18/h2-12,21H,13H2,1H3,(H,22,25)/t21-/m0/s1. The Balaban J connectivity index is 1.53. The van der Waals surface area contributed by atoms with Gasteiger partial charge in [-0.25, -0.2) is 0 Å². The Bertz CT molecular complexity index is 950. The van der Waals surface area contributed by atoms with Crippen LogP contribution in [0.1, 0.15) is 27.1 Å². The number of nitrogens with one attached hydrogen (secondary N) is 1. The van der Waals surface area contributed by atoms with Gasteiger partial charge in [0.15, 0.2) is 5.76 Å². The molecular weight excluding hydrogens is 360 g/mol. The van der Waals surface area contributed by atoms with Crippen molar-refractivity contribution in [1.82, 2.24) is 0 Å². The average Bonchev–Trinajstić information content (AvgIpc) is 3.33. The molecule has 0 saturated carbocycles. The summed E-state index contributed by atoms with van der Waals surface area (Å²) in [5.74, 6) is 0.528. The number of carbonyl (C=O) groups excluding carboxylic acids is 2. The fourth-order valence-corrected chi connectivity index (χ4v) is 4.16. The third-order valence-corrected chi connectivity index (χ3v) is 5.59. The van der Waals surface area contributed by atoms with Gasteiger partial charge >= 0.3 is 0 Å². The topological polar surface area (TPSA) is 62.6 Å². The van der Waals surface area contributed by atoms with Crippen molar-refractivity contribution in [3.63, 3.8) is 0 Å². The Kier molecular flexibility index (Phi) is 4.73. The first kappa shape index (κ1) is 17.4. The fraction of sp³-hybridized carbons (Fsp3) is 0.143. The molecule has 6 heteroatoms. The van der Waals surface area contributed by atoms with Crippen LogP contribution in [0.15, 0.2) is 71.3 Å². The first-order chi connectivity index (χ1) is 13.1. The third-order valence-electron chi connectivity index (χ3n) is 4.38. The number of thioether (sulfide) groups is 1. The van der Waals surface area contributed by atoms with Crippen LogP contribution in [0.2, 0.25) is 0 Å². The zero-order chi connectivity index (χ0) is 18.8. The van der Waals surface area contributed by atoms with Gasteiger partial charge in [-0.2, -0.15) is 0 Å². The van der Waals surface area contributed by atoms with Crippen LogP contribution in [0.3, 0.4) is 0 Å². The van der Waals surface area contributed by atoms with E-state index in [2.05, 4.69) is 5.32 Å². The molecule has 2 aromatic carbocycles. The van der Waals surface area contributed by atoms with Gasteiger partial charge in [0.05, 0.1) is 12.0 Å². The lowest BCUT2D eigenvalue weighted by Crippen LogP contribution is -2.27. The lowest BCUT2D eigenvalue weighted by Gasteiger charge is -2.24. The van der Waals surface area contributed by atoms with Gasteiger partial charge in [0.25, 0.3) is 5.91 Å². The molecule has 2 amide bonds. The smallest absolute Gasteiger partial charge is 0.291 e. The van der Waals surface area contributed by atoms with E-state index < -0.39 is 0 Å². The van der Waals surface area contributed by atoms with Crippen molar-refractivity contribution in [2.45, 2.75) is 12.3 Å². The maximum absolute atomic E-state index is 12.4. The number of amides is 2. The lowest BCUT2D eigenvalue weighted by molar-refractivity contribution is -0.115. The van der Waals surface area contributed by atoms with E-state index >= 15 is 0 Å². The molecule has 1 aliphatic heterocycles. The Morgan fingerprint density at radius 2 is 1.85 bits per heavy atom. The van der Waals surface area contributed by atoms with Gasteiger partial charge in [0.2, 0.25) is 5.91 Å². The van der Waals surface area contributed by atoms with Crippen molar-refractivity contribution in [1.29, 1.82) is 0 Å². The van der Waals surface area contributed by atoms with Crippen molar-refractivity contribution < 1.29 is 14.0 Å². The Hall–Kier alpha value is -2.99. The van der Waals surface area contributed by atoms with Crippen molar-refractivity contribution in [2.24, 2.45) is 0 Å². The van der Waals surface area contributed by atoms with Gasteiger partial charge < -0.3 is 9.73 Å². The van der Waals surface area contributed by atoms with Gasteiger partial charge in [-0.3, -0.25) is 14.5 Å². The molecule has 2 heterocycles. The van der Waals surface area contributed by atoms with E-state index in [0.29, 0.717) is 11.4 Å². The summed E-state index contributed by atoms with van der Waals surface area (Å²) in [6.07, 6.45) is 1.46. The summed E-state index contributed by atoms with van der Waals surface area (Å²) in [5.41, 5.74) is 3.75. The molecule has 3 aromatic rings. The van der Waals surface area contributed by atoms with Crippen LogP contribution in [-0.4, -0.2) is 17.6 Å². The molecule has 1 atom stereocenters. The molecule has 1 aromatic heterocycles. The largest absolute Gasteiger partial charge is 0.459 e. The Labute approximate surface area is 161 Å². The molecule has 0 aliphatic carbocycles. The maximum atomic E-state index is 12.4. The molecule has 136 valence electrons. The number of carbonyl (C=O) groups is 2. The van der Waals surface area contributed by atoms with Crippen LogP contribution in [0, 0.1) is 6.92 Å². The van der Waals surface area contributed by atoms with Crippen LogP contribution in [0.4, 0.5) is 11.4 Å². The summed E-state index contributed by atoms with van der Waals surface area (Å²) >= 11 is 1.60. The van der Waals surface area contributed by atoms with Gasteiger partial charge in [0, 0.05) is 11.4 Å². The highest BCUT2D eigenvalue weighted by Gasteiger charge is 2.33. The molecule has 1 aliphatic rings. The van der Waals surface area contributed by atoms with E-state index in [1.165, 1.54) is 6.26 Å². The monoisotopic (exact) mass is 378 g/mol. The summed E-state index contributed by atoms with van der Waals surface area (Å²) in [6, 6.07) is 18.8. The first-order valence-corrected chi connectivity index (χ1v) is 9.62. The Morgan fingerprint density at radius 3 is 2.52 bits per heavy atom. The van der Waals surface area contributed by atoms with E-state index in [1.54, 1.807) is 23.9 Å². The SMILES string of the molecule is Cc1ccc(N2C(=O)CS[C@H]2c2ccc(NC(=O)c3ccco3)cc2)cc1. The second-order valence-corrected chi connectivity index (χ2v) is 7.38. The maximum Gasteiger partial charge on any atom is 0.291 e. The first-order valence-electron chi connectivity index (χ1n) is 8.57. The molecule has 4 rings (SSSR count). The van der Waals surface area contributed by atoms with Gasteiger partial charge in [-0.1, -0.05) is 29.8 Å². The molecule has 0 radical (unpaired) electrons. The minimum absolute atomic E-state index is 0.0740. The van der Waals surface area contributed by atoms with E-state index in [4.69, 9.17) is 4.42 Å². The highest BCUT2D eigenvalue weighted by Crippen LogP contribution is 2.41. The van der Waals surface area contributed by atoms with E-state index in [1.807, 2.05) is 60.4 Å². The highest BCUT2D eigenvalue weighted by molar-refractivity contribution is 8.00. The number of anilines is 2. The minimum Gasteiger partial charge on any atom is -0.459 e. The molecule has 0 bridgehead atoms. The quantitative estimate of drug-likeness (QED) is 0.720. The number of nitrogens with zero attached hydrogens (tertiary/aromatic N) is 1. The van der Waals surface area contributed by atoms with Crippen molar-refractivity contribution in [3.05, 3.63) is 83.8 Å². The van der Waals surface area contributed by atoms with Gasteiger partial charge in [-0.05, 0) is 48.9 Å². The van der Waals surface area contributed by atoms with Crippen LogP contribution in [0.25, 0.3) is 0 Å². The summed E-state index contributed by atoms with van der Waals surface area (Å²) in [6.45, 7) is 2.03. The number of hydrogen-bond donors (Lipinski definition) is 1. The van der Waals surface area contributed by atoms with E-state index in [9.17, 15) is 9.59 Å². The van der Waals surface area contributed by atoms with E-state index in [0.717, 1.165) is 16.8 Å². The molecule has 27 heavy (non-hydrogen) atoms. The van der Waals surface area contributed by atoms with Crippen molar-refractivity contribution >= 4 is 35.0 Å². The molecule has 0 unspecified atom stereocenters. The van der Waals surface area contributed by atoms with Crippen LogP contribution < -0.4 is 10.2 Å². The summed E-state index contributed by atoms with van der Waals surface area (Å²) in [5, 5.41) is 2.73. The normalized spacial score (nSPS) is 16.6. The summed E-state index contributed by atoms with van der Waals surface area (Å²) < 4.78 is 5.10. The van der Waals surface area contributed by atoms with E-state index in [-0.39, 0.29) is 22.9 Å². The van der Waals surface area contributed by atoms with Crippen molar-refractivity contribution in [3.8, 4) is 0 Å². The summed E-state index contributed by atoms with van der Waals surface area (Å²) in [7, 11) is 0. The Morgan fingerprint density at radius 1 is 1.11 bits per heavy atom. The zero-order valence-corrected chi connectivity index (χ0v) is 15.5. The highest BCUT2D eigenvalue weighted by atomic mass is 32.2.